The number of benzene rings is 2. The third-order valence-electron chi connectivity index (χ3n) is 3.99. The zero-order chi connectivity index (χ0) is 20.1. The number of aryl methyl sites for hydroxylation is 2. The van der Waals surface area contributed by atoms with E-state index in [0.717, 1.165) is 16.8 Å². The molecular formula is C21H18ClN3O3. The van der Waals surface area contributed by atoms with Crippen LogP contribution < -0.4 is 5.32 Å². The highest BCUT2D eigenvalue weighted by atomic mass is 35.5. The second-order valence-electron chi connectivity index (χ2n) is 6.23. The molecule has 0 aliphatic rings. The zero-order valence-electron chi connectivity index (χ0n) is 15.4. The first-order valence-electron chi connectivity index (χ1n) is 8.54. The summed E-state index contributed by atoms with van der Waals surface area (Å²) in [6.45, 7) is 3.73. The van der Waals surface area contributed by atoms with Crippen molar-refractivity contribution in [3.63, 3.8) is 0 Å². The molecule has 0 atom stereocenters. The Morgan fingerprint density at radius 2 is 1.79 bits per heavy atom. The first kappa shape index (κ1) is 19.5. The summed E-state index contributed by atoms with van der Waals surface area (Å²) < 4.78 is 5.22. The maximum Gasteiger partial charge on any atom is 0.358 e. The largest absolute Gasteiger partial charge is 0.456 e. The molecule has 0 unspecified atom stereocenters. The molecule has 6 nitrogen and oxygen atoms in total. The number of halogens is 1. The Labute approximate surface area is 167 Å². The number of hydrogen-bond donors (Lipinski definition) is 1. The Kier molecular flexibility index (Phi) is 6.01. The van der Waals surface area contributed by atoms with Gasteiger partial charge in [-0.1, -0.05) is 23.7 Å². The zero-order valence-corrected chi connectivity index (χ0v) is 16.2. The molecule has 0 aliphatic heterocycles. The van der Waals surface area contributed by atoms with Crippen LogP contribution in [0.15, 0.2) is 54.9 Å². The molecule has 0 saturated heterocycles. The smallest absolute Gasteiger partial charge is 0.358 e. The third-order valence-corrected chi connectivity index (χ3v) is 4.42. The lowest BCUT2D eigenvalue weighted by molar-refractivity contribution is 0.0465. The number of carbonyl (C=O) groups is 2. The van der Waals surface area contributed by atoms with E-state index in [1.807, 2.05) is 13.0 Å². The number of nitrogens with one attached hydrogen (secondary N) is 1. The van der Waals surface area contributed by atoms with Crippen LogP contribution in [-0.2, 0) is 11.3 Å². The molecule has 0 aliphatic carbocycles. The van der Waals surface area contributed by atoms with Gasteiger partial charge in [-0.05, 0) is 55.3 Å². The minimum Gasteiger partial charge on any atom is -0.456 e. The van der Waals surface area contributed by atoms with Crippen LogP contribution in [0.25, 0.3) is 0 Å². The summed E-state index contributed by atoms with van der Waals surface area (Å²) in [6.07, 6.45) is 2.88. The van der Waals surface area contributed by atoms with E-state index < -0.39 is 5.97 Å². The predicted molar refractivity (Wildman–Crippen MR) is 106 cm³/mol. The molecule has 0 spiro atoms. The topological polar surface area (TPSA) is 81.2 Å². The van der Waals surface area contributed by atoms with Crippen molar-refractivity contribution in [2.45, 2.75) is 20.5 Å². The molecule has 3 aromatic rings. The lowest BCUT2D eigenvalue weighted by Crippen LogP contribution is -2.12. The van der Waals surface area contributed by atoms with Crippen molar-refractivity contribution in [1.82, 2.24) is 9.97 Å². The van der Waals surface area contributed by atoms with Crippen molar-refractivity contribution in [2.75, 3.05) is 5.32 Å². The summed E-state index contributed by atoms with van der Waals surface area (Å²) in [6, 6.07) is 12.1. The Balaban J connectivity index is 1.58. The van der Waals surface area contributed by atoms with Gasteiger partial charge in [0.2, 0.25) is 0 Å². The fraction of sp³-hybridized carbons (Fsp3) is 0.143. The molecule has 0 radical (unpaired) electrons. The Morgan fingerprint density at radius 1 is 1.04 bits per heavy atom. The second kappa shape index (κ2) is 8.63. The van der Waals surface area contributed by atoms with Crippen LogP contribution in [0.1, 0.15) is 37.7 Å². The molecule has 1 aromatic heterocycles. The summed E-state index contributed by atoms with van der Waals surface area (Å²) >= 11 is 5.99. The van der Waals surface area contributed by atoms with Gasteiger partial charge in [0.25, 0.3) is 5.91 Å². The van der Waals surface area contributed by atoms with Crippen LogP contribution in [0.5, 0.6) is 0 Å². The molecule has 28 heavy (non-hydrogen) atoms. The van der Waals surface area contributed by atoms with Gasteiger partial charge in [0, 0.05) is 22.5 Å². The van der Waals surface area contributed by atoms with Gasteiger partial charge < -0.3 is 10.1 Å². The van der Waals surface area contributed by atoms with Crippen LogP contribution in [-0.4, -0.2) is 21.8 Å². The maximum atomic E-state index is 12.4. The van der Waals surface area contributed by atoms with Gasteiger partial charge in [-0.3, -0.25) is 9.78 Å². The van der Waals surface area contributed by atoms with Crippen molar-refractivity contribution in [3.8, 4) is 0 Å². The summed E-state index contributed by atoms with van der Waals surface area (Å²) in [5.74, 6) is -0.785. The van der Waals surface area contributed by atoms with Crippen molar-refractivity contribution in [3.05, 3.63) is 88.0 Å². The van der Waals surface area contributed by atoms with Gasteiger partial charge >= 0.3 is 5.97 Å². The van der Waals surface area contributed by atoms with Gasteiger partial charge in [0.05, 0.1) is 11.9 Å². The summed E-state index contributed by atoms with van der Waals surface area (Å²) in [5, 5.41) is 3.47. The molecule has 1 amide bonds. The molecule has 1 N–H and O–H groups in total. The Hall–Kier alpha value is -3.25. The summed E-state index contributed by atoms with van der Waals surface area (Å²) in [7, 11) is 0. The Morgan fingerprint density at radius 3 is 2.43 bits per heavy atom. The monoisotopic (exact) mass is 395 g/mol. The highest BCUT2D eigenvalue weighted by Gasteiger charge is 2.11. The lowest BCUT2D eigenvalue weighted by atomic mass is 10.1. The van der Waals surface area contributed by atoms with Crippen LogP contribution in [0, 0.1) is 13.8 Å². The van der Waals surface area contributed by atoms with Gasteiger partial charge in [-0.15, -0.1) is 0 Å². The number of carbonyl (C=O) groups excluding carboxylic acids is 2. The van der Waals surface area contributed by atoms with E-state index in [2.05, 4.69) is 15.3 Å². The molecule has 0 bridgehead atoms. The predicted octanol–water partition coefficient (Wildman–Crippen LogP) is 4.36. The number of aromatic nitrogens is 2. The number of ether oxygens (including phenoxy) is 1. The van der Waals surface area contributed by atoms with Crippen LogP contribution in [0.2, 0.25) is 5.02 Å². The number of esters is 1. The maximum absolute atomic E-state index is 12.4. The van der Waals surface area contributed by atoms with Gasteiger partial charge in [0.15, 0.2) is 5.69 Å². The number of amides is 1. The van der Waals surface area contributed by atoms with E-state index in [4.69, 9.17) is 16.3 Å². The van der Waals surface area contributed by atoms with Crippen molar-refractivity contribution in [2.24, 2.45) is 0 Å². The number of nitrogens with zero attached hydrogens (tertiary/aromatic N) is 2. The second-order valence-corrected chi connectivity index (χ2v) is 6.64. The van der Waals surface area contributed by atoms with Crippen molar-refractivity contribution < 1.29 is 14.3 Å². The molecule has 0 saturated carbocycles. The van der Waals surface area contributed by atoms with E-state index in [9.17, 15) is 9.59 Å². The fourth-order valence-electron chi connectivity index (χ4n) is 2.40. The standard InChI is InChI=1S/C21H18ClN3O3/c1-13-9-17(7-8-18(13)22)25-20(26)16-5-3-15(4-6-16)12-28-21(27)19-11-23-14(2)10-24-19/h3-11H,12H2,1-2H3,(H,25,26). The third kappa shape index (κ3) is 4.92. The molecule has 7 heteroatoms. The van der Waals surface area contributed by atoms with E-state index in [1.54, 1.807) is 43.3 Å². The first-order chi connectivity index (χ1) is 13.4. The average Bonchev–Trinajstić information content (AvgIpc) is 2.70. The van der Waals surface area contributed by atoms with Crippen LogP contribution in [0.4, 0.5) is 5.69 Å². The summed E-state index contributed by atoms with van der Waals surface area (Å²) in [4.78, 5) is 32.3. The average molecular weight is 396 g/mol. The van der Waals surface area contributed by atoms with Crippen molar-refractivity contribution in [1.29, 1.82) is 0 Å². The number of anilines is 1. The van der Waals surface area contributed by atoms with E-state index in [-0.39, 0.29) is 18.2 Å². The van der Waals surface area contributed by atoms with E-state index in [1.165, 1.54) is 12.4 Å². The highest BCUT2D eigenvalue weighted by molar-refractivity contribution is 6.31. The van der Waals surface area contributed by atoms with Gasteiger partial charge in [-0.2, -0.15) is 0 Å². The lowest BCUT2D eigenvalue weighted by Gasteiger charge is -2.08. The van der Waals surface area contributed by atoms with E-state index in [0.29, 0.717) is 16.3 Å². The molecule has 0 fully saturated rings. The quantitative estimate of drug-likeness (QED) is 0.649. The van der Waals surface area contributed by atoms with Crippen LogP contribution >= 0.6 is 11.6 Å². The first-order valence-corrected chi connectivity index (χ1v) is 8.92. The number of hydrogen-bond acceptors (Lipinski definition) is 5. The molecule has 142 valence electrons. The molecule has 3 rings (SSSR count). The normalized spacial score (nSPS) is 10.4. The molecule has 2 aromatic carbocycles. The minimum atomic E-state index is -0.549. The van der Waals surface area contributed by atoms with Gasteiger partial charge in [-0.25, -0.2) is 9.78 Å². The SMILES string of the molecule is Cc1cnc(C(=O)OCc2ccc(C(=O)Nc3ccc(Cl)c(C)c3)cc2)cn1. The molecular weight excluding hydrogens is 378 g/mol. The number of rotatable bonds is 5. The summed E-state index contributed by atoms with van der Waals surface area (Å²) in [5.41, 5.74) is 3.68. The Bertz CT molecular complexity index is 1000. The minimum absolute atomic E-state index is 0.0761. The van der Waals surface area contributed by atoms with Gasteiger partial charge in [0.1, 0.15) is 6.61 Å². The fourth-order valence-corrected chi connectivity index (χ4v) is 2.52. The van der Waals surface area contributed by atoms with Crippen molar-refractivity contribution >= 4 is 29.2 Å². The van der Waals surface area contributed by atoms with Crippen LogP contribution in [0.3, 0.4) is 0 Å². The molecule has 1 heterocycles. The highest BCUT2D eigenvalue weighted by Crippen LogP contribution is 2.20. The van der Waals surface area contributed by atoms with E-state index >= 15 is 0 Å².